The number of benzene rings is 1. The third kappa shape index (κ3) is 3.64. The summed E-state index contributed by atoms with van der Waals surface area (Å²) in [5.74, 6) is 1.36. The van der Waals surface area contributed by atoms with E-state index in [2.05, 4.69) is 29.2 Å². The Morgan fingerprint density at radius 3 is 2.65 bits per heavy atom. The van der Waals surface area contributed by atoms with E-state index in [1.54, 1.807) is 0 Å². The minimum atomic E-state index is -0.00708. The quantitative estimate of drug-likeness (QED) is 0.741. The summed E-state index contributed by atoms with van der Waals surface area (Å²) in [6, 6.07) is 7.98. The van der Waals surface area contributed by atoms with Gasteiger partial charge in [0.1, 0.15) is 5.82 Å². The van der Waals surface area contributed by atoms with Gasteiger partial charge in [0.2, 0.25) is 5.91 Å². The maximum atomic E-state index is 12.5. The van der Waals surface area contributed by atoms with E-state index in [1.165, 1.54) is 0 Å². The van der Waals surface area contributed by atoms with Gasteiger partial charge >= 0.3 is 0 Å². The van der Waals surface area contributed by atoms with Crippen molar-refractivity contribution in [2.75, 3.05) is 0 Å². The molecule has 0 unspecified atom stereocenters. The van der Waals surface area contributed by atoms with Crippen LogP contribution in [0.3, 0.4) is 0 Å². The van der Waals surface area contributed by atoms with Gasteiger partial charge in [-0.1, -0.05) is 26.0 Å². The van der Waals surface area contributed by atoms with Gasteiger partial charge in [0.15, 0.2) is 0 Å². The number of fused-ring (bicyclic) bond motifs is 1. The molecule has 0 aliphatic rings. The summed E-state index contributed by atoms with van der Waals surface area (Å²) in [5.41, 5.74) is 5.04. The van der Waals surface area contributed by atoms with E-state index in [0.717, 1.165) is 40.4 Å². The molecule has 138 valence electrons. The van der Waals surface area contributed by atoms with Crippen molar-refractivity contribution in [3.63, 3.8) is 0 Å². The molecule has 1 N–H and O–H groups in total. The summed E-state index contributed by atoms with van der Waals surface area (Å²) < 4.78 is 4.03. The third-order valence-electron chi connectivity index (χ3n) is 4.73. The van der Waals surface area contributed by atoms with Gasteiger partial charge in [-0.15, -0.1) is 0 Å². The van der Waals surface area contributed by atoms with Crippen LogP contribution in [0.25, 0.3) is 11.0 Å². The number of para-hydroxylation sites is 2. The van der Waals surface area contributed by atoms with Gasteiger partial charge in [0.25, 0.3) is 0 Å². The Balaban J connectivity index is 1.67. The molecule has 0 fully saturated rings. The highest BCUT2D eigenvalue weighted by atomic mass is 16.1. The van der Waals surface area contributed by atoms with Crippen molar-refractivity contribution in [2.45, 2.75) is 47.2 Å². The summed E-state index contributed by atoms with van der Waals surface area (Å²) >= 11 is 0. The van der Waals surface area contributed by atoms with Gasteiger partial charge in [-0.05, 0) is 31.9 Å². The lowest BCUT2D eigenvalue weighted by Gasteiger charge is -2.08. The Bertz CT molecular complexity index is 935. The van der Waals surface area contributed by atoms with Crippen LogP contribution >= 0.6 is 0 Å². The summed E-state index contributed by atoms with van der Waals surface area (Å²) in [5, 5.41) is 7.58. The van der Waals surface area contributed by atoms with Crippen LogP contribution in [0.5, 0.6) is 0 Å². The number of carbonyl (C=O) groups is 1. The summed E-state index contributed by atoms with van der Waals surface area (Å²) in [7, 11) is 1.97. The first-order valence-corrected chi connectivity index (χ1v) is 9.06. The monoisotopic (exact) mass is 353 g/mol. The number of imidazole rings is 1. The van der Waals surface area contributed by atoms with E-state index in [1.807, 2.05) is 54.4 Å². The lowest BCUT2D eigenvalue weighted by Crippen LogP contribution is -2.26. The summed E-state index contributed by atoms with van der Waals surface area (Å²) in [4.78, 5) is 17.1. The fourth-order valence-corrected chi connectivity index (χ4v) is 3.27. The number of aromatic nitrogens is 4. The molecule has 0 aliphatic carbocycles. The second kappa shape index (κ2) is 7.32. The molecular formula is C20H27N5O. The van der Waals surface area contributed by atoms with Crippen LogP contribution < -0.4 is 5.32 Å². The second-order valence-electron chi connectivity index (χ2n) is 7.25. The molecule has 0 saturated carbocycles. The molecule has 0 bridgehead atoms. The number of aryl methyl sites for hydroxylation is 2. The SMILES string of the molecule is Cc1nn(CC(C)C)c(C)c1CC(=O)NCc1nc2ccccc2n1C. The van der Waals surface area contributed by atoms with E-state index in [0.29, 0.717) is 18.9 Å². The van der Waals surface area contributed by atoms with Crippen LogP contribution in [0.2, 0.25) is 0 Å². The molecule has 1 amide bonds. The third-order valence-corrected chi connectivity index (χ3v) is 4.73. The first-order valence-electron chi connectivity index (χ1n) is 9.06. The Labute approximate surface area is 154 Å². The maximum absolute atomic E-state index is 12.5. The van der Waals surface area contributed by atoms with Gasteiger partial charge in [-0.2, -0.15) is 5.10 Å². The van der Waals surface area contributed by atoms with Gasteiger partial charge in [-0.25, -0.2) is 4.98 Å². The van der Waals surface area contributed by atoms with Crippen molar-refractivity contribution < 1.29 is 4.79 Å². The molecule has 0 radical (unpaired) electrons. The van der Waals surface area contributed by atoms with Gasteiger partial charge in [0.05, 0.1) is 29.7 Å². The van der Waals surface area contributed by atoms with Crippen LogP contribution in [-0.4, -0.2) is 25.2 Å². The number of nitrogens with one attached hydrogen (secondary N) is 1. The zero-order chi connectivity index (χ0) is 18.8. The summed E-state index contributed by atoms with van der Waals surface area (Å²) in [6.45, 7) is 9.63. The lowest BCUT2D eigenvalue weighted by molar-refractivity contribution is -0.120. The molecule has 6 heteroatoms. The predicted molar refractivity (Wildman–Crippen MR) is 103 cm³/mol. The van der Waals surface area contributed by atoms with Crippen LogP contribution in [0.4, 0.5) is 0 Å². The highest BCUT2D eigenvalue weighted by molar-refractivity contribution is 5.79. The van der Waals surface area contributed by atoms with Crippen molar-refractivity contribution in [3.05, 3.63) is 47.0 Å². The zero-order valence-corrected chi connectivity index (χ0v) is 16.2. The van der Waals surface area contributed by atoms with Gasteiger partial charge in [-0.3, -0.25) is 9.48 Å². The Morgan fingerprint density at radius 1 is 1.23 bits per heavy atom. The fourth-order valence-electron chi connectivity index (χ4n) is 3.27. The summed E-state index contributed by atoms with van der Waals surface area (Å²) in [6.07, 6.45) is 0.347. The van der Waals surface area contributed by atoms with Crippen LogP contribution in [0, 0.1) is 19.8 Å². The average molecular weight is 353 g/mol. The largest absolute Gasteiger partial charge is 0.349 e. The fraction of sp³-hybridized carbons (Fsp3) is 0.450. The number of hydrogen-bond donors (Lipinski definition) is 1. The van der Waals surface area contributed by atoms with E-state index < -0.39 is 0 Å². The molecule has 3 aromatic rings. The molecule has 2 heterocycles. The highest BCUT2D eigenvalue weighted by Gasteiger charge is 2.16. The van der Waals surface area contributed by atoms with Crippen LogP contribution in [0.15, 0.2) is 24.3 Å². The highest BCUT2D eigenvalue weighted by Crippen LogP contribution is 2.16. The second-order valence-corrected chi connectivity index (χ2v) is 7.25. The average Bonchev–Trinajstić information content (AvgIpc) is 3.04. The van der Waals surface area contributed by atoms with Crippen LogP contribution in [0.1, 0.15) is 36.6 Å². The van der Waals surface area contributed by atoms with Gasteiger partial charge < -0.3 is 9.88 Å². The van der Waals surface area contributed by atoms with Crippen molar-refractivity contribution in [3.8, 4) is 0 Å². The van der Waals surface area contributed by atoms with E-state index >= 15 is 0 Å². The minimum absolute atomic E-state index is 0.00708. The first kappa shape index (κ1) is 18.2. The van der Waals surface area contributed by atoms with E-state index in [4.69, 9.17) is 0 Å². The van der Waals surface area contributed by atoms with Crippen molar-refractivity contribution in [1.29, 1.82) is 0 Å². The topological polar surface area (TPSA) is 64.7 Å². The number of carbonyl (C=O) groups excluding carboxylic acids is 1. The number of hydrogen-bond acceptors (Lipinski definition) is 3. The normalized spacial score (nSPS) is 11.5. The minimum Gasteiger partial charge on any atom is -0.349 e. The Kier molecular flexibility index (Phi) is 5.11. The number of amides is 1. The first-order chi connectivity index (χ1) is 12.4. The molecule has 3 rings (SSSR count). The Hall–Kier alpha value is -2.63. The molecule has 26 heavy (non-hydrogen) atoms. The molecule has 2 aromatic heterocycles. The maximum Gasteiger partial charge on any atom is 0.224 e. The predicted octanol–water partition coefficient (Wildman–Crippen LogP) is 2.90. The smallest absolute Gasteiger partial charge is 0.224 e. The lowest BCUT2D eigenvalue weighted by atomic mass is 10.1. The standard InChI is InChI=1S/C20H27N5O/c1-13(2)12-25-15(4)16(14(3)23-25)10-20(26)21-11-19-22-17-8-6-7-9-18(17)24(19)5/h6-9,13H,10-12H2,1-5H3,(H,21,26). The van der Waals surface area contributed by atoms with Crippen molar-refractivity contribution in [2.24, 2.45) is 13.0 Å². The van der Waals surface area contributed by atoms with E-state index in [9.17, 15) is 4.79 Å². The van der Waals surface area contributed by atoms with Crippen LogP contribution in [-0.2, 0) is 31.4 Å². The molecular weight excluding hydrogens is 326 g/mol. The Morgan fingerprint density at radius 2 is 1.96 bits per heavy atom. The zero-order valence-electron chi connectivity index (χ0n) is 16.2. The molecule has 6 nitrogen and oxygen atoms in total. The molecule has 0 atom stereocenters. The number of rotatable bonds is 6. The van der Waals surface area contributed by atoms with Crippen molar-refractivity contribution in [1.82, 2.24) is 24.6 Å². The number of nitrogens with zero attached hydrogens (tertiary/aromatic N) is 4. The van der Waals surface area contributed by atoms with E-state index in [-0.39, 0.29) is 5.91 Å². The molecule has 0 saturated heterocycles. The van der Waals surface area contributed by atoms with Crippen molar-refractivity contribution >= 4 is 16.9 Å². The molecule has 0 spiro atoms. The molecule has 0 aliphatic heterocycles. The molecule has 1 aromatic carbocycles. The van der Waals surface area contributed by atoms with Gasteiger partial charge in [0, 0.05) is 24.8 Å².